The first-order chi connectivity index (χ1) is 10.8. The van der Waals surface area contributed by atoms with Crippen LogP contribution in [-0.4, -0.2) is 15.4 Å². The minimum Gasteiger partial charge on any atom is -0.324 e. The quantitative estimate of drug-likeness (QED) is 0.686. The first-order valence-corrected chi connectivity index (χ1v) is 7.11. The molecule has 0 aliphatic heterocycles. The number of halogens is 1. The van der Waals surface area contributed by atoms with E-state index in [1.165, 1.54) is 13.8 Å². The summed E-state index contributed by atoms with van der Waals surface area (Å²) in [7, 11) is 0. The molecule has 0 fully saturated rings. The van der Waals surface area contributed by atoms with Crippen LogP contribution in [0, 0.1) is 17.0 Å². The average Bonchev–Trinajstić information content (AvgIpc) is 2.48. The zero-order valence-corrected chi connectivity index (χ0v) is 13.2. The second kappa shape index (κ2) is 6.62. The second-order valence-electron chi connectivity index (χ2n) is 5.02. The van der Waals surface area contributed by atoms with E-state index in [4.69, 9.17) is 11.6 Å². The Balaban J connectivity index is 2.29. The van der Waals surface area contributed by atoms with Gasteiger partial charge in [0.25, 0.3) is 11.2 Å². The van der Waals surface area contributed by atoms with Gasteiger partial charge < -0.3 is 5.32 Å². The van der Waals surface area contributed by atoms with Gasteiger partial charge in [0.1, 0.15) is 6.04 Å². The molecule has 8 heteroatoms. The summed E-state index contributed by atoms with van der Waals surface area (Å²) in [4.78, 5) is 34.6. The molecule has 0 aliphatic carbocycles. The van der Waals surface area contributed by atoms with E-state index in [1.807, 2.05) is 0 Å². The highest BCUT2D eigenvalue weighted by Crippen LogP contribution is 2.18. The molecule has 1 N–H and O–H groups in total. The molecule has 1 amide bonds. The van der Waals surface area contributed by atoms with Gasteiger partial charge in [-0.1, -0.05) is 11.6 Å². The third kappa shape index (κ3) is 3.75. The Kier molecular flexibility index (Phi) is 4.80. The summed E-state index contributed by atoms with van der Waals surface area (Å²) in [5.41, 5.74) is 0.0741. The van der Waals surface area contributed by atoms with Crippen LogP contribution in [0.15, 0.2) is 41.3 Å². The standard InChI is InChI=1S/C15H14ClN3O4/c1-9-7-14(20)18(8-13(9)19(22)23)10(2)15(21)17-12-5-3-11(16)4-6-12/h3-8,10H,1-2H3,(H,17,21). The maximum Gasteiger partial charge on any atom is 0.288 e. The molecular weight excluding hydrogens is 322 g/mol. The predicted molar refractivity (Wildman–Crippen MR) is 86.9 cm³/mol. The van der Waals surface area contributed by atoms with Crippen molar-refractivity contribution in [1.82, 2.24) is 4.57 Å². The lowest BCUT2D eigenvalue weighted by atomic mass is 10.2. The summed E-state index contributed by atoms with van der Waals surface area (Å²) < 4.78 is 1.04. The molecule has 23 heavy (non-hydrogen) atoms. The van der Waals surface area contributed by atoms with Gasteiger partial charge in [-0.05, 0) is 38.1 Å². The molecule has 1 atom stereocenters. The number of anilines is 1. The first kappa shape index (κ1) is 16.7. The second-order valence-corrected chi connectivity index (χ2v) is 5.45. The molecule has 0 aliphatic rings. The molecule has 0 radical (unpaired) electrons. The normalized spacial score (nSPS) is 11.8. The Morgan fingerprint density at radius 2 is 1.96 bits per heavy atom. The van der Waals surface area contributed by atoms with Crippen LogP contribution < -0.4 is 10.9 Å². The topological polar surface area (TPSA) is 94.2 Å². The van der Waals surface area contributed by atoms with Crippen LogP contribution in [-0.2, 0) is 4.79 Å². The highest BCUT2D eigenvalue weighted by atomic mass is 35.5. The van der Waals surface area contributed by atoms with E-state index >= 15 is 0 Å². The fraction of sp³-hybridized carbons (Fsp3) is 0.200. The van der Waals surface area contributed by atoms with Gasteiger partial charge in [0.2, 0.25) is 5.91 Å². The summed E-state index contributed by atoms with van der Waals surface area (Å²) in [5, 5.41) is 14.1. The number of carbonyl (C=O) groups is 1. The van der Waals surface area contributed by atoms with E-state index in [-0.39, 0.29) is 11.3 Å². The smallest absolute Gasteiger partial charge is 0.288 e. The summed E-state index contributed by atoms with van der Waals surface area (Å²) in [6, 6.07) is 6.71. The van der Waals surface area contributed by atoms with Crippen molar-refractivity contribution in [2.75, 3.05) is 5.32 Å². The Morgan fingerprint density at radius 3 is 2.52 bits per heavy atom. The van der Waals surface area contributed by atoms with E-state index in [0.29, 0.717) is 10.7 Å². The Hall–Kier alpha value is -2.67. The Labute approximate surface area is 136 Å². The van der Waals surface area contributed by atoms with Crippen LogP contribution in [0.1, 0.15) is 18.5 Å². The highest BCUT2D eigenvalue weighted by Gasteiger charge is 2.20. The molecule has 2 aromatic rings. The number of nitrogens with one attached hydrogen (secondary N) is 1. The largest absolute Gasteiger partial charge is 0.324 e. The van der Waals surface area contributed by atoms with Crippen molar-refractivity contribution in [3.05, 3.63) is 67.6 Å². The van der Waals surface area contributed by atoms with Crippen molar-refractivity contribution in [3.63, 3.8) is 0 Å². The number of amides is 1. The first-order valence-electron chi connectivity index (χ1n) is 6.73. The van der Waals surface area contributed by atoms with Crippen LogP contribution in [0.2, 0.25) is 5.02 Å². The van der Waals surface area contributed by atoms with Gasteiger partial charge in [0.15, 0.2) is 0 Å². The summed E-state index contributed by atoms with van der Waals surface area (Å²) in [5.74, 6) is -0.465. The summed E-state index contributed by atoms with van der Waals surface area (Å²) >= 11 is 5.77. The van der Waals surface area contributed by atoms with Crippen molar-refractivity contribution in [1.29, 1.82) is 0 Å². The third-order valence-corrected chi connectivity index (χ3v) is 3.62. The molecule has 1 heterocycles. The van der Waals surface area contributed by atoms with Gasteiger partial charge in [-0.25, -0.2) is 0 Å². The number of aryl methyl sites for hydroxylation is 1. The number of nitrogens with zero attached hydrogens (tertiary/aromatic N) is 2. The van der Waals surface area contributed by atoms with E-state index < -0.39 is 22.4 Å². The lowest BCUT2D eigenvalue weighted by molar-refractivity contribution is -0.386. The van der Waals surface area contributed by atoms with Crippen LogP contribution in [0.4, 0.5) is 11.4 Å². The fourth-order valence-electron chi connectivity index (χ4n) is 2.03. The lowest BCUT2D eigenvalue weighted by Gasteiger charge is -2.15. The molecule has 1 unspecified atom stereocenters. The molecule has 1 aromatic carbocycles. The van der Waals surface area contributed by atoms with E-state index in [2.05, 4.69) is 5.32 Å². The highest BCUT2D eigenvalue weighted by molar-refractivity contribution is 6.30. The van der Waals surface area contributed by atoms with Crippen molar-refractivity contribution in [2.24, 2.45) is 0 Å². The SMILES string of the molecule is Cc1cc(=O)n(C(C)C(=O)Nc2ccc(Cl)cc2)cc1[N+](=O)[O-]. The van der Waals surface area contributed by atoms with Crippen molar-refractivity contribution in [2.45, 2.75) is 19.9 Å². The van der Waals surface area contributed by atoms with Crippen LogP contribution in [0.5, 0.6) is 0 Å². The Bertz CT molecular complexity index is 814. The summed E-state index contributed by atoms with van der Waals surface area (Å²) in [6.07, 6.45) is 1.09. The maximum absolute atomic E-state index is 12.2. The van der Waals surface area contributed by atoms with E-state index in [0.717, 1.165) is 16.8 Å². The minimum atomic E-state index is -0.905. The van der Waals surface area contributed by atoms with Gasteiger partial charge in [-0.3, -0.25) is 24.3 Å². The van der Waals surface area contributed by atoms with Crippen LogP contribution in [0.3, 0.4) is 0 Å². The number of rotatable bonds is 4. The third-order valence-electron chi connectivity index (χ3n) is 3.37. The number of hydrogen-bond donors (Lipinski definition) is 1. The molecule has 1 aromatic heterocycles. The number of pyridine rings is 1. The van der Waals surface area contributed by atoms with Gasteiger partial charge in [-0.2, -0.15) is 0 Å². The average molecular weight is 336 g/mol. The predicted octanol–water partition coefficient (Wildman–Crippen LogP) is 2.92. The minimum absolute atomic E-state index is 0.212. The molecular formula is C15H14ClN3O4. The molecule has 2 rings (SSSR count). The van der Waals surface area contributed by atoms with Crippen molar-refractivity contribution in [3.8, 4) is 0 Å². The number of carbonyl (C=O) groups excluding carboxylic acids is 1. The summed E-state index contributed by atoms with van der Waals surface area (Å²) in [6.45, 7) is 2.97. The molecule has 120 valence electrons. The molecule has 0 saturated heterocycles. The number of aromatic nitrogens is 1. The van der Waals surface area contributed by atoms with Gasteiger partial charge >= 0.3 is 0 Å². The number of benzene rings is 1. The monoisotopic (exact) mass is 335 g/mol. The lowest BCUT2D eigenvalue weighted by Crippen LogP contribution is -2.31. The van der Waals surface area contributed by atoms with Crippen LogP contribution in [0.25, 0.3) is 0 Å². The van der Waals surface area contributed by atoms with Gasteiger partial charge in [0.05, 0.1) is 11.1 Å². The van der Waals surface area contributed by atoms with Crippen LogP contribution >= 0.6 is 11.6 Å². The number of hydrogen-bond acceptors (Lipinski definition) is 4. The molecule has 7 nitrogen and oxygen atoms in total. The zero-order valence-electron chi connectivity index (χ0n) is 12.4. The van der Waals surface area contributed by atoms with Gasteiger partial charge in [0, 0.05) is 22.3 Å². The van der Waals surface area contributed by atoms with Crippen molar-refractivity contribution < 1.29 is 9.72 Å². The number of nitro groups is 1. The maximum atomic E-state index is 12.2. The van der Waals surface area contributed by atoms with Gasteiger partial charge in [-0.15, -0.1) is 0 Å². The van der Waals surface area contributed by atoms with Crippen molar-refractivity contribution >= 4 is 28.9 Å². The molecule has 0 bridgehead atoms. The fourth-order valence-corrected chi connectivity index (χ4v) is 2.16. The van der Waals surface area contributed by atoms with E-state index in [1.54, 1.807) is 24.3 Å². The molecule has 0 spiro atoms. The van der Waals surface area contributed by atoms with E-state index in [9.17, 15) is 19.7 Å². The zero-order chi connectivity index (χ0) is 17.1. The molecule has 0 saturated carbocycles. The Morgan fingerprint density at radius 1 is 1.35 bits per heavy atom.